The van der Waals surface area contributed by atoms with Crippen LogP contribution in [-0.4, -0.2) is 51.2 Å². The Morgan fingerprint density at radius 2 is 2.04 bits per heavy atom. The molecule has 0 aliphatic carbocycles. The van der Waals surface area contributed by atoms with Gasteiger partial charge < -0.3 is 14.8 Å². The molecule has 0 bridgehead atoms. The van der Waals surface area contributed by atoms with Gasteiger partial charge in [0.2, 0.25) is 5.91 Å². The number of piperidine rings is 1. The van der Waals surface area contributed by atoms with E-state index < -0.39 is 5.41 Å². The molecule has 0 saturated carbocycles. The second kappa shape index (κ2) is 6.55. The molecule has 2 aliphatic rings. The van der Waals surface area contributed by atoms with Crippen LogP contribution in [0.15, 0.2) is 36.8 Å². The van der Waals surface area contributed by atoms with Gasteiger partial charge in [-0.05, 0) is 37.0 Å². The summed E-state index contributed by atoms with van der Waals surface area (Å²) in [6.07, 6.45) is 5.40. The summed E-state index contributed by atoms with van der Waals surface area (Å²) in [6.45, 7) is 2.21. The monoisotopic (exact) mass is 356 g/mol. The third-order valence-corrected chi connectivity index (χ3v) is 5.48. The maximum absolute atomic E-state index is 13.2. The Kier molecular flexibility index (Phi) is 4.22. The van der Waals surface area contributed by atoms with E-state index in [-0.39, 0.29) is 17.6 Å². The number of carbonyl (C=O) groups is 2. The second-order valence-corrected chi connectivity index (χ2v) is 7.18. The lowest BCUT2D eigenvalue weighted by molar-refractivity contribution is -0.146. The number of aromatic nitrogens is 2. The summed E-state index contributed by atoms with van der Waals surface area (Å²) in [5, 5.41) is 0. The van der Waals surface area contributed by atoms with Crippen LogP contribution < -0.4 is 0 Å². The van der Waals surface area contributed by atoms with Crippen molar-refractivity contribution in [2.24, 2.45) is 5.41 Å². The summed E-state index contributed by atoms with van der Waals surface area (Å²) in [6, 6.07) is 6.26. The summed E-state index contributed by atoms with van der Waals surface area (Å²) < 4.78 is 13.1. The molecule has 2 amide bonds. The molecule has 3 heterocycles. The Bertz CT molecular complexity index is 805. The minimum atomic E-state index is -0.492. The Morgan fingerprint density at radius 1 is 1.23 bits per heavy atom. The van der Waals surface area contributed by atoms with Crippen LogP contribution in [0.5, 0.6) is 0 Å². The highest BCUT2D eigenvalue weighted by Crippen LogP contribution is 2.40. The van der Waals surface area contributed by atoms with Gasteiger partial charge in [0, 0.05) is 26.2 Å². The zero-order chi connectivity index (χ0) is 18.1. The lowest BCUT2D eigenvalue weighted by atomic mass is 9.78. The van der Waals surface area contributed by atoms with E-state index in [1.807, 2.05) is 4.90 Å². The molecule has 1 N–H and O–H groups in total. The normalized spacial score (nSPS) is 23.0. The summed E-state index contributed by atoms with van der Waals surface area (Å²) in [4.78, 5) is 36.0. The van der Waals surface area contributed by atoms with Gasteiger partial charge in [-0.25, -0.2) is 9.37 Å². The smallest absolute Gasteiger partial charge is 0.271 e. The minimum absolute atomic E-state index is 0.105. The van der Waals surface area contributed by atoms with Crippen molar-refractivity contribution in [1.82, 2.24) is 19.8 Å². The van der Waals surface area contributed by atoms with Crippen LogP contribution in [0.3, 0.4) is 0 Å². The van der Waals surface area contributed by atoms with E-state index >= 15 is 0 Å². The number of carbonyl (C=O) groups excluding carboxylic acids is 2. The number of imidazole rings is 1. The van der Waals surface area contributed by atoms with Crippen molar-refractivity contribution in [3.05, 3.63) is 53.9 Å². The average molecular weight is 356 g/mol. The van der Waals surface area contributed by atoms with E-state index in [0.29, 0.717) is 38.3 Å². The van der Waals surface area contributed by atoms with E-state index in [0.717, 1.165) is 18.4 Å². The first-order valence-electron chi connectivity index (χ1n) is 8.89. The molecule has 6 nitrogen and oxygen atoms in total. The van der Waals surface area contributed by atoms with Crippen LogP contribution in [0.25, 0.3) is 0 Å². The average Bonchev–Trinajstić information content (AvgIpc) is 3.31. The van der Waals surface area contributed by atoms with Crippen LogP contribution in [0, 0.1) is 11.2 Å². The van der Waals surface area contributed by atoms with Gasteiger partial charge in [0.05, 0.1) is 17.9 Å². The van der Waals surface area contributed by atoms with Crippen LogP contribution in [0.2, 0.25) is 0 Å². The Morgan fingerprint density at radius 3 is 2.77 bits per heavy atom. The molecule has 4 rings (SSSR count). The third kappa shape index (κ3) is 2.98. The number of benzene rings is 1. The van der Waals surface area contributed by atoms with E-state index in [2.05, 4.69) is 9.97 Å². The lowest BCUT2D eigenvalue weighted by Gasteiger charge is -2.39. The number of nitrogens with one attached hydrogen (secondary N) is 1. The number of H-pyrrole nitrogens is 1. The predicted octanol–water partition coefficient (Wildman–Crippen LogP) is 2.20. The summed E-state index contributed by atoms with van der Waals surface area (Å²) in [7, 11) is 0. The first-order chi connectivity index (χ1) is 12.6. The Balaban J connectivity index is 1.47. The van der Waals surface area contributed by atoms with E-state index in [4.69, 9.17) is 0 Å². The minimum Gasteiger partial charge on any atom is -0.341 e. The van der Waals surface area contributed by atoms with Crippen molar-refractivity contribution in [2.45, 2.75) is 25.8 Å². The molecule has 26 heavy (non-hydrogen) atoms. The Hall–Kier alpha value is -2.70. The number of likely N-dealkylation sites (tertiary alicyclic amines) is 2. The van der Waals surface area contributed by atoms with Crippen molar-refractivity contribution >= 4 is 11.8 Å². The number of rotatable bonds is 3. The molecule has 1 spiro atoms. The number of hydrogen-bond acceptors (Lipinski definition) is 3. The molecule has 7 heteroatoms. The van der Waals surface area contributed by atoms with Crippen molar-refractivity contribution in [3.8, 4) is 0 Å². The van der Waals surface area contributed by atoms with Crippen LogP contribution >= 0.6 is 0 Å². The fourth-order valence-electron chi connectivity index (χ4n) is 4.08. The second-order valence-electron chi connectivity index (χ2n) is 7.18. The zero-order valence-electron chi connectivity index (χ0n) is 14.4. The zero-order valence-corrected chi connectivity index (χ0v) is 14.4. The molecule has 2 aliphatic heterocycles. The van der Waals surface area contributed by atoms with Gasteiger partial charge in [-0.3, -0.25) is 9.59 Å². The standard InChI is InChI=1S/C19H21FN4O2/c20-15-4-2-14(3-5-15)11-23-8-1-6-19(18(23)26)7-9-24(12-19)17(25)16-10-21-13-22-16/h2-5,10,13H,1,6-9,11-12H2,(H,21,22)/t19-/m0/s1. The van der Waals surface area contributed by atoms with Gasteiger partial charge in [0.25, 0.3) is 5.91 Å². The van der Waals surface area contributed by atoms with Gasteiger partial charge in [-0.1, -0.05) is 12.1 Å². The number of hydrogen-bond donors (Lipinski definition) is 1. The molecule has 2 aromatic rings. The number of amides is 2. The van der Waals surface area contributed by atoms with Crippen molar-refractivity contribution in [2.75, 3.05) is 19.6 Å². The number of aromatic amines is 1. The maximum Gasteiger partial charge on any atom is 0.271 e. The van der Waals surface area contributed by atoms with Crippen molar-refractivity contribution < 1.29 is 14.0 Å². The SMILES string of the molecule is O=C(c1cnc[nH]1)N1CC[C@@]2(CCCN(Cc3ccc(F)cc3)C2=O)C1. The summed E-state index contributed by atoms with van der Waals surface area (Å²) >= 11 is 0. The fraction of sp³-hybridized carbons (Fsp3) is 0.421. The lowest BCUT2D eigenvalue weighted by Crippen LogP contribution is -2.50. The highest BCUT2D eigenvalue weighted by molar-refractivity contribution is 5.93. The van der Waals surface area contributed by atoms with Crippen LogP contribution in [-0.2, 0) is 11.3 Å². The molecule has 1 atom stereocenters. The predicted molar refractivity (Wildman–Crippen MR) is 92.6 cm³/mol. The summed E-state index contributed by atoms with van der Waals surface area (Å²) in [5.74, 6) is -0.283. The van der Waals surface area contributed by atoms with Crippen molar-refractivity contribution in [3.63, 3.8) is 0 Å². The summed E-state index contributed by atoms with van der Waals surface area (Å²) in [5.41, 5.74) is 0.877. The van der Waals surface area contributed by atoms with Gasteiger partial charge in [0.15, 0.2) is 0 Å². The van der Waals surface area contributed by atoms with E-state index in [1.165, 1.54) is 24.7 Å². The molecular weight excluding hydrogens is 335 g/mol. The van der Waals surface area contributed by atoms with Crippen LogP contribution in [0.1, 0.15) is 35.3 Å². The molecular formula is C19H21FN4O2. The molecule has 2 fully saturated rings. The van der Waals surface area contributed by atoms with Gasteiger partial charge in [-0.2, -0.15) is 0 Å². The highest BCUT2D eigenvalue weighted by atomic mass is 19.1. The van der Waals surface area contributed by atoms with Gasteiger partial charge in [-0.15, -0.1) is 0 Å². The molecule has 1 aromatic carbocycles. The third-order valence-electron chi connectivity index (χ3n) is 5.48. The topological polar surface area (TPSA) is 69.3 Å². The van der Waals surface area contributed by atoms with Gasteiger partial charge >= 0.3 is 0 Å². The molecule has 2 saturated heterocycles. The Labute approximate surface area is 151 Å². The van der Waals surface area contributed by atoms with Crippen LogP contribution in [0.4, 0.5) is 4.39 Å². The maximum atomic E-state index is 13.2. The molecule has 0 radical (unpaired) electrons. The first-order valence-corrected chi connectivity index (χ1v) is 8.89. The number of nitrogens with zero attached hydrogens (tertiary/aromatic N) is 3. The quantitative estimate of drug-likeness (QED) is 0.917. The fourth-order valence-corrected chi connectivity index (χ4v) is 4.08. The van der Waals surface area contributed by atoms with E-state index in [9.17, 15) is 14.0 Å². The first kappa shape index (κ1) is 16.8. The largest absolute Gasteiger partial charge is 0.341 e. The molecule has 1 aromatic heterocycles. The number of halogens is 1. The van der Waals surface area contributed by atoms with Crippen molar-refractivity contribution in [1.29, 1.82) is 0 Å². The van der Waals surface area contributed by atoms with Gasteiger partial charge in [0.1, 0.15) is 11.5 Å². The highest BCUT2D eigenvalue weighted by Gasteiger charge is 2.49. The molecule has 136 valence electrons. The molecule has 0 unspecified atom stereocenters. The van der Waals surface area contributed by atoms with E-state index in [1.54, 1.807) is 17.0 Å².